The van der Waals surface area contributed by atoms with Crippen molar-refractivity contribution in [2.75, 3.05) is 38.2 Å². The third kappa shape index (κ3) is 4.64. The number of ether oxygens (including phenoxy) is 1. The SMILES string of the molecule is COc1ccc(C)cc1/C=C/C(=O)N1CCN(c2cc(Cl)ccc2C)CC1. The molecule has 2 aromatic rings. The number of methoxy groups -OCH3 is 1. The summed E-state index contributed by atoms with van der Waals surface area (Å²) in [6.45, 7) is 7.10. The molecule has 0 saturated carbocycles. The summed E-state index contributed by atoms with van der Waals surface area (Å²) in [6, 6.07) is 11.9. The lowest BCUT2D eigenvalue weighted by molar-refractivity contribution is -0.126. The van der Waals surface area contributed by atoms with Crippen LogP contribution < -0.4 is 9.64 Å². The van der Waals surface area contributed by atoms with Crippen LogP contribution in [0.25, 0.3) is 6.08 Å². The highest BCUT2D eigenvalue weighted by atomic mass is 35.5. The number of rotatable bonds is 4. The minimum absolute atomic E-state index is 0.0287. The van der Waals surface area contributed by atoms with Crippen LogP contribution in [-0.4, -0.2) is 44.1 Å². The van der Waals surface area contributed by atoms with Crippen LogP contribution in [0.15, 0.2) is 42.5 Å². The van der Waals surface area contributed by atoms with Gasteiger partial charge in [0, 0.05) is 48.5 Å². The first-order chi connectivity index (χ1) is 13.0. The van der Waals surface area contributed by atoms with Crippen molar-refractivity contribution in [1.82, 2.24) is 4.90 Å². The average Bonchev–Trinajstić information content (AvgIpc) is 2.68. The molecule has 0 N–H and O–H groups in total. The van der Waals surface area contributed by atoms with E-state index in [1.165, 1.54) is 5.56 Å². The fourth-order valence-electron chi connectivity index (χ4n) is 3.34. The van der Waals surface area contributed by atoms with Crippen LogP contribution in [0, 0.1) is 13.8 Å². The van der Waals surface area contributed by atoms with Gasteiger partial charge >= 0.3 is 0 Å². The molecule has 1 aliphatic heterocycles. The van der Waals surface area contributed by atoms with Crippen LogP contribution in [0.5, 0.6) is 5.75 Å². The summed E-state index contributed by atoms with van der Waals surface area (Å²) in [5.74, 6) is 0.798. The number of aryl methyl sites for hydroxylation is 2. The Bertz CT molecular complexity index is 855. The second-order valence-electron chi connectivity index (χ2n) is 6.82. The number of benzene rings is 2. The fourth-order valence-corrected chi connectivity index (χ4v) is 3.51. The lowest BCUT2D eigenvalue weighted by Gasteiger charge is -2.36. The standard InChI is InChI=1S/C22H25ClN2O2/c1-16-4-8-21(27-3)18(14-16)6-9-22(26)25-12-10-24(11-13-25)20-15-19(23)7-5-17(20)2/h4-9,14-15H,10-13H2,1-3H3/b9-6+. The summed E-state index contributed by atoms with van der Waals surface area (Å²) in [7, 11) is 1.64. The second kappa shape index (κ2) is 8.49. The van der Waals surface area contributed by atoms with Gasteiger partial charge in [0.25, 0.3) is 0 Å². The molecule has 0 spiro atoms. The highest BCUT2D eigenvalue weighted by Gasteiger charge is 2.21. The number of anilines is 1. The molecule has 0 aromatic heterocycles. The van der Waals surface area contributed by atoms with E-state index >= 15 is 0 Å². The van der Waals surface area contributed by atoms with E-state index in [-0.39, 0.29) is 5.91 Å². The number of carbonyl (C=O) groups is 1. The lowest BCUT2D eigenvalue weighted by atomic mass is 10.1. The molecule has 1 heterocycles. The van der Waals surface area contributed by atoms with Gasteiger partial charge in [0.2, 0.25) is 5.91 Å². The predicted molar refractivity (Wildman–Crippen MR) is 112 cm³/mol. The third-order valence-corrected chi connectivity index (χ3v) is 5.13. The molecule has 1 aliphatic rings. The number of nitrogens with zero attached hydrogens (tertiary/aromatic N) is 2. The fraction of sp³-hybridized carbons (Fsp3) is 0.318. The van der Waals surface area contributed by atoms with E-state index in [2.05, 4.69) is 11.8 Å². The van der Waals surface area contributed by atoms with Crippen LogP contribution in [0.1, 0.15) is 16.7 Å². The topological polar surface area (TPSA) is 32.8 Å². The largest absolute Gasteiger partial charge is 0.496 e. The Hall–Kier alpha value is -2.46. The molecular formula is C22H25ClN2O2. The molecule has 0 radical (unpaired) electrons. The van der Waals surface area contributed by atoms with E-state index in [4.69, 9.17) is 16.3 Å². The first kappa shape index (κ1) is 19.3. The zero-order valence-corrected chi connectivity index (χ0v) is 16.8. The maximum atomic E-state index is 12.6. The van der Waals surface area contributed by atoms with E-state index in [1.807, 2.05) is 54.3 Å². The molecule has 0 unspecified atom stereocenters. The van der Waals surface area contributed by atoms with E-state index in [1.54, 1.807) is 13.2 Å². The predicted octanol–water partition coefficient (Wildman–Crippen LogP) is 4.33. The highest BCUT2D eigenvalue weighted by molar-refractivity contribution is 6.30. The molecule has 27 heavy (non-hydrogen) atoms. The Morgan fingerprint density at radius 2 is 1.81 bits per heavy atom. The van der Waals surface area contributed by atoms with Gasteiger partial charge in [0.15, 0.2) is 0 Å². The van der Waals surface area contributed by atoms with Gasteiger partial charge in [0.05, 0.1) is 7.11 Å². The van der Waals surface area contributed by atoms with Gasteiger partial charge in [-0.3, -0.25) is 4.79 Å². The summed E-state index contributed by atoms with van der Waals surface area (Å²) in [4.78, 5) is 16.8. The van der Waals surface area contributed by atoms with E-state index in [9.17, 15) is 4.79 Å². The number of hydrogen-bond donors (Lipinski definition) is 0. The van der Waals surface area contributed by atoms with Crippen LogP contribution >= 0.6 is 11.6 Å². The molecule has 3 rings (SSSR count). The van der Waals surface area contributed by atoms with Crippen LogP contribution in [0.3, 0.4) is 0 Å². The van der Waals surface area contributed by atoms with Gasteiger partial charge in [-0.2, -0.15) is 0 Å². The average molecular weight is 385 g/mol. The summed E-state index contributed by atoms with van der Waals surface area (Å²) < 4.78 is 5.37. The Kier molecular flexibility index (Phi) is 6.07. The van der Waals surface area contributed by atoms with Crippen molar-refractivity contribution in [2.45, 2.75) is 13.8 Å². The van der Waals surface area contributed by atoms with Gasteiger partial charge < -0.3 is 14.5 Å². The molecule has 1 saturated heterocycles. The monoisotopic (exact) mass is 384 g/mol. The number of amides is 1. The van der Waals surface area contributed by atoms with Gasteiger partial charge in [0.1, 0.15) is 5.75 Å². The minimum Gasteiger partial charge on any atom is -0.496 e. The Labute approximate surface area is 166 Å². The van der Waals surface area contributed by atoms with E-state index in [0.29, 0.717) is 13.1 Å². The van der Waals surface area contributed by atoms with Gasteiger partial charge in [-0.1, -0.05) is 29.3 Å². The van der Waals surface area contributed by atoms with Crippen LogP contribution in [-0.2, 0) is 4.79 Å². The van der Waals surface area contributed by atoms with Crippen LogP contribution in [0.4, 0.5) is 5.69 Å². The number of carbonyl (C=O) groups excluding carboxylic acids is 1. The van der Waals surface area contributed by atoms with Crippen LogP contribution in [0.2, 0.25) is 5.02 Å². The summed E-state index contributed by atoms with van der Waals surface area (Å²) in [5.41, 5.74) is 4.40. The quantitative estimate of drug-likeness (QED) is 0.735. The summed E-state index contributed by atoms with van der Waals surface area (Å²) >= 11 is 6.14. The molecule has 2 aromatic carbocycles. The smallest absolute Gasteiger partial charge is 0.246 e. The second-order valence-corrected chi connectivity index (χ2v) is 7.26. The zero-order valence-electron chi connectivity index (χ0n) is 16.0. The maximum absolute atomic E-state index is 12.6. The Balaban J connectivity index is 1.63. The highest BCUT2D eigenvalue weighted by Crippen LogP contribution is 2.25. The first-order valence-electron chi connectivity index (χ1n) is 9.10. The zero-order chi connectivity index (χ0) is 19.4. The molecule has 1 amide bonds. The van der Waals surface area contributed by atoms with Gasteiger partial charge in [-0.15, -0.1) is 0 Å². The van der Waals surface area contributed by atoms with Crippen molar-refractivity contribution < 1.29 is 9.53 Å². The third-order valence-electron chi connectivity index (χ3n) is 4.89. The Morgan fingerprint density at radius 1 is 1.07 bits per heavy atom. The molecule has 142 valence electrons. The molecule has 5 heteroatoms. The maximum Gasteiger partial charge on any atom is 0.246 e. The minimum atomic E-state index is 0.0287. The van der Waals surface area contributed by atoms with Crippen molar-refractivity contribution in [3.63, 3.8) is 0 Å². The normalized spacial score (nSPS) is 14.7. The van der Waals surface area contributed by atoms with E-state index in [0.717, 1.165) is 40.7 Å². The van der Waals surface area contributed by atoms with Crippen molar-refractivity contribution in [2.24, 2.45) is 0 Å². The van der Waals surface area contributed by atoms with Crippen molar-refractivity contribution in [3.05, 3.63) is 64.2 Å². The van der Waals surface area contributed by atoms with Gasteiger partial charge in [-0.05, 0) is 49.8 Å². The Morgan fingerprint density at radius 3 is 2.52 bits per heavy atom. The summed E-state index contributed by atoms with van der Waals surface area (Å²) in [5, 5.41) is 0.740. The van der Waals surface area contributed by atoms with Crippen molar-refractivity contribution in [1.29, 1.82) is 0 Å². The molecule has 1 fully saturated rings. The summed E-state index contributed by atoms with van der Waals surface area (Å²) in [6.07, 6.45) is 3.47. The molecule has 4 nitrogen and oxygen atoms in total. The molecule has 0 aliphatic carbocycles. The molecule has 0 atom stereocenters. The van der Waals surface area contributed by atoms with Crippen molar-refractivity contribution in [3.8, 4) is 5.75 Å². The first-order valence-corrected chi connectivity index (χ1v) is 9.48. The number of halogens is 1. The lowest BCUT2D eigenvalue weighted by Crippen LogP contribution is -2.48. The number of piperazine rings is 1. The van der Waals surface area contributed by atoms with E-state index < -0.39 is 0 Å². The molecular weight excluding hydrogens is 360 g/mol. The number of hydrogen-bond acceptors (Lipinski definition) is 3. The van der Waals surface area contributed by atoms with Gasteiger partial charge in [-0.25, -0.2) is 0 Å². The molecule has 0 bridgehead atoms. The van der Waals surface area contributed by atoms with Crippen molar-refractivity contribution >= 4 is 29.3 Å².